The highest BCUT2D eigenvalue weighted by molar-refractivity contribution is 6.31. The minimum absolute atomic E-state index is 0.0471. The number of ketones is 2. The molecule has 0 radical (unpaired) electrons. The fraction of sp³-hybridized carbons (Fsp3) is 0.140. The van der Waals surface area contributed by atoms with Crippen LogP contribution in [0.25, 0.3) is 16.9 Å². The monoisotopic (exact) mass is 803 g/mol. The number of benzene rings is 5. The fourth-order valence-corrected chi connectivity index (χ4v) is 6.07. The number of hydrogen-bond acceptors (Lipinski definition) is 5. The summed E-state index contributed by atoms with van der Waals surface area (Å²) in [4.78, 5) is 34.8. The Kier molecular flexibility index (Phi) is 13.8. The van der Waals surface area contributed by atoms with Crippen molar-refractivity contribution in [3.8, 4) is 28.4 Å². The number of halogens is 5. The first-order valence-corrected chi connectivity index (χ1v) is 18.0. The molecule has 0 aliphatic carbocycles. The fourth-order valence-electron chi connectivity index (χ4n) is 5.50. The molecule has 282 valence electrons. The molecular weight excluding hydrogens is 771 g/mol. The van der Waals surface area contributed by atoms with E-state index in [1.165, 1.54) is 43.3 Å². The number of carbonyl (C=O) groups excluding carboxylic acids is 2. The molecule has 7 nitrogen and oxygen atoms in total. The lowest BCUT2D eigenvalue weighted by molar-refractivity contribution is -0.117. The van der Waals surface area contributed by atoms with Crippen molar-refractivity contribution in [1.82, 2.24) is 4.57 Å². The Morgan fingerprint density at radius 2 is 1.22 bits per heavy atom. The van der Waals surface area contributed by atoms with E-state index in [2.05, 4.69) is 0 Å². The zero-order valence-electron chi connectivity index (χ0n) is 29.6. The van der Waals surface area contributed by atoms with Crippen molar-refractivity contribution >= 4 is 52.3 Å². The molecule has 0 aliphatic rings. The normalized spacial score (nSPS) is 10.7. The summed E-state index contributed by atoms with van der Waals surface area (Å²) in [6, 6.07) is 30.6. The van der Waals surface area contributed by atoms with Gasteiger partial charge in [-0.2, -0.15) is 0 Å². The number of rotatable bonds is 13. The SMILES string of the molecule is CC(=O)CCC(=O)c1cc(Cl)ccc1OCc1ccc(F)cc1.Cc1ccc(-c2cc(Cl)ccc2OCc2ccc(F)cc2)n1-c1cc(Cl)cc(C(=O)O)c1. The van der Waals surface area contributed by atoms with Gasteiger partial charge in [-0.15, -0.1) is 0 Å². The second kappa shape index (κ2) is 18.7. The molecule has 0 atom stereocenters. The lowest BCUT2D eigenvalue weighted by Gasteiger charge is -2.17. The largest absolute Gasteiger partial charge is 0.488 e. The smallest absolute Gasteiger partial charge is 0.335 e. The standard InChI is InChI=1S/C25H18Cl2FNO3.C18H16ClFO3/c1-15-2-8-23(29(15)21-11-17(25(30)31)10-19(27)12-21)22-13-18(26)5-9-24(22)32-14-16-3-6-20(28)7-4-16;1-12(21)2-8-17(22)16-10-14(19)5-9-18(16)23-11-13-3-6-15(20)7-4-13/h2-13H,14H2,1H3,(H,30,31);3-7,9-10H,2,8,11H2,1H3. The molecule has 1 aromatic heterocycles. The van der Waals surface area contributed by atoms with Crippen LogP contribution in [0.1, 0.15) is 57.3 Å². The van der Waals surface area contributed by atoms with Crippen LogP contribution in [-0.4, -0.2) is 27.2 Å². The quantitative estimate of drug-likeness (QED) is 0.117. The number of carboxylic acid groups (broad SMARTS) is 1. The van der Waals surface area contributed by atoms with E-state index in [1.807, 2.05) is 23.6 Å². The van der Waals surface area contributed by atoms with Crippen LogP contribution >= 0.6 is 34.8 Å². The van der Waals surface area contributed by atoms with Crippen LogP contribution in [0.2, 0.25) is 15.1 Å². The predicted octanol–water partition coefficient (Wildman–Crippen LogP) is 11.8. The average Bonchev–Trinajstić information content (AvgIpc) is 3.55. The maximum Gasteiger partial charge on any atom is 0.335 e. The predicted molar refractivity (Wildman–Crippen MR) is 210 cm³/mol. The second-order valence-electron chi connectivity index (χ2n) is 12.4. The third-order valence-electron chi connectivity index (χ3n) is 8.24. The third kappa shape index (κ3) is 11.3. The molecule has 0 amide bonds. The summed E-state index contributed by atoms with van der Waals surface area (Å²) in [6.45, 7) is 3.80. The molecule has 0 bridgehead atoms. The first kappa shape index (κ1) is 40.7. The minimum atomic E-state index is -1.06. The van der Waals surface area contributed by atoms with Gasteiger partial charge in [-0.25, -0.2) is 13.6 Å². The number of carboxylic acids is 1. The summed E-state index contributed by atoms with van der Waals surface area (Å²) in [5.74, 6) is -0.959. The Labute approximate surface area is 331 Å². The van der Waals surface area contributed by atoms with Crippen LogP contribution < -0.4 is 9.47 Å². The van der Waals surface area contributed by atoms with Gasteiger partial charge in [0.25, 0.3) is 0 Å². The van der Waals surface area contributed by atoms with E-state index < -0.39 is 5.97 Å². The number of Topliss-reactive ketones (excluding diaryl/α,β-unsaturated/α-hetero) is 2. The number of aromatic carboxylic acids is 1. The van der Waals surface area contributed by atoms with Gasteiger partial charge < -0.3 is 23.9 Å². The van der Waals surface area contributed by atoms with Crippen molar-refractivity contribution in [2.24, 2.45) is 0 Å². The number of aromatic nitrogens is 1. The van der Waals surface area contributed by atoms with Gasteiger partial charge in [-0.05, 0) is 116 Å². The Balaban J connectivity index is 0.000000223. The van der Waals surface area contributed by atoms with E-state index >= 15 is 0 Å². The third-order valence-corrected chi connectivity index (χ3v) is 8.93. The highest BCUT2D eigenvalue weighted by Gasteiger charge is 2.18. The second-order valence-corrected chi connectivity index (χ2v) is 13.7. The summed E-state index contributed by atoms with van der Waals surface area (Å²) in [5, 5.41) is 10.7. The Morgan fingerprint density at radius 1 is 0.655 bits per heavy atom. The van der Waals surface area contributed by atoms with Crippen LogP contribution in [0.15, 0.2) is 115 Å². The summed E-state index contributed by atoms with van der Waals surface area (Å²) in [5.41, 5.74) is 5.01. The molecule has 0 saturated heterocycles. The highest BCUT2D eigenvalue weighted by Crippen LogP contribution is 2.37. The molecule has 0 unspecified atom stereocenters. The van der Waals surface area contributed by atoms with Gasteiger partial charge in [-0.3, -0.25) is 4.79 Å². The lowest BCUT2D eigenvalue weighted by atomic mass is 10.0. The van der Waals surface area contributed by atoms with E-state index in [-0.39, 0.29) is 54.8 Å². The minimum Gasteiger partial charge on any atom is -0.488 e. The number of ether oxygens (including phenoxy) is 2. The molecule has 1 N–H and O–H groups in total. The topological polar surface area (TPSA) is 94.8 Å². The molecular formula is C43H34Cl3F2NO6. The zero-order valence-corrected chi connectivity index (χ0v) is 31.9. The Hall–Kier alpha value is -5.48. The van der Waals surface area contributed by atoms with E-state index in [0.717, 1.165) is 28.1 Å². The van der Waals surface area contributed by atoms with Crippen molar-refractivity contribution in [2.45, 2.75) is 39.9 Å². The van der Waals surface area contributed by atoms with Crippen molar-refractivity contribution < 1.29 is 37.7 Å². The maximum atomic E-state index is 13.2. The van der Waals surface area contributed by atoms with E-state index in [0.29, 0.717) is 37.8 Å². The average molecular weight is 805 g/mol. The Bertz CT molecular complexity index is 2330. The number of carbonyl (C=O) groups is 3. The molecule has 0 spiro atoms. The molecule has 0 fully saturated rings. The first-order chi connectivity index (χ1) is 26.3. The summed E-state index contributed by atoms with van der Waals surface area (Å²) in [7, 11) is 0. The Morgan fingerprint density at radius 3 is 1.80 bits per heavy atom. The molecule has 0 saturated carbocycles. The zero-order chi connectivity index (χ0) is 39.6. The van der Waals surface area contributed by atoms with Crippen LogP contribution in [0.4, 0.5) is 8.78 Å². The molecule has 12 heteroatoms. The van der Waals surface area contributed by atoms with Gasteiger partial charge in [0, 0.05) is 44.9 Å². The molecule has 55 heavy (non-hydrogen) atoms. The molecule has 6 rings (SSSR count). The highest BCUT2D eigenvalue weighted by atomic mass is 35.5. The number of hydrogen-bond donors (Lipinski definition) is 1. The number of nitrogens with zero attached hydrogens (tertiary/aromatic N) is 1. The molecule has 0 aliphatic heterocycles. The van der Waals surface area contributed by atoms with Crippen LogP contribution in [0.3, 0.4) is 0 Å². The van der Waals surface area contributed by atoms with Crippen molar-refractivity contribution in [2.75, 3.05) is 0 Å². The van der Waals surface area contributed by atoms with Crippen LogP contribution in [0, 0.1) is 18.6 Å². The van der Waals surface area contributed by atoms with E-state index in [9.17, 15) is 28.3 Å². The maximum absolute atomic E-state index is 13.2. The first-order valence-electron chi connectivity index (χ1n) is 16.9. The van der Waals surface area contributed by atoms with Crippen molar-refractivity contribution in [3.63, 3.8) is 0 Å². The summed E-state index contributed by atoms with van der Waals surface area (Å²) in [6.07, 6.45) is 0.297. The van der Waals surface area contributed by atoms with Gasteiger partial charge in [0.15, 0.2) is 5.78 Å². The van der Waals surface area contributed by atoms with E-state index in [4.69, 9.17) is 44.3 Å². The van der Waals surface area contributed by atoms with Crippen molar-refractivity contribution in [3.05, 3.63) is 170 Å². The van der Waals surface area contributed by atoms with Crippen LogP contribution in [0.5, 0.6) is 11.5 Å². The lowest BCUT2D eigenvalue weighted by Crippen LogP contribution is -2.06. The van der Waals surface area contributed by atoms with Gasteiger partial charge in [-0.1, -0.05) is 59.1 Å². The number of aryl methyl sites for hydroxylation is 1. The van der Waals surface area contributed by atoms with Crippen LogP contribution in [-0.2, 0) is 18.0 Å². The molecule has 5 aromatic carbocycles. The molecule has 1 heterocycles. The summed E-state index contributed by atoms with van der Waals surface area (Å²) >= 11 is 18.4. The van der Waals surface area contributed by atoms with Gasteiger partial charge in [0.1, 0.15) is 42.1 Å². The van der Waals surface area contributed by atoms with Gasteiger partial charge in [0.2, 0.25) is 0 Å². The summed E-state index contributed by atoms with van der Waals surface area (Å²) < 4.78 is 39.7. The van der Waals surface area contributed by atoms with Gasteiger partial charge in [0.05, 0.1) is 16.8 Å². The van der Waals surface area contributed by atoms with Crippen molar-refractivity contribution in [1.29, 1.82) is 0 Å². The molecule has 6 aromatic rings. The van der Waals surface area contributed by atoms with Gasteiger partial charge >= 0.3 is 5.97 Å². The van der Waals surface area contributed by atoms with E-state index in [1.54, 1.807) is 66.7 Å².